The molecule has 0 aromatic rings. The Morgan fingerprint density at radius 3 is 2.94 bits per heavy atom. The largest absolute Gasteiger partial charge is 0.513 e. The van der Waals surface area contributed by atoms with Gasteiger partial charge in [0.15, 0.2) is 0 Å². The van der Waals surface area contributed by atoms with Crippen LogP contribution in [-0.2, 0) is 4.79 Å². The molecule has 0 saturated carbocycles. The van der Waals surface area contributed by atoms with Crippen LogP contribution in [0.15, 0.2) is 12.3 Å². The molecule has 0 aromatic heterocycles. The maximum atomic E-state index is 11.4. The van der Waals surface area contributed by atoms with Crippen molar-refractivity contribution in [2.45, 2.75) is 32.1 Å². The monoisotopic (exact) mass is 226 g/mol. The summed E-state index contributed by atoms with van der Waals surface area (Å²) in [7, 11) is 0. The number of aliphatic hydroxyl groups excluding tert-OH is 1. The summed E-state index contributed by atoms with van der Waals surface area (Å²) in [5, 5.41) is 15.1. The molecule has 1 fully saturated rings. The van der Waals surface area contributed by atoms with Gasteiger partial charge in [0.25, 0.3) is 0 Å². The third-order valence-electron chi connectivity index (χ3n) is 2.91. The summed E-state index contributed by atoms with van der Waals surface area (Å²) in [6.07, 6.45) is 3.94. The summed E-state index contributed by atoms with van der Waals surface area (Å²) in [6.45, 7) is 6.34. The second kappa shape index (κ2) is 7.28. The fourth-order valence-corrected chi connectivity index (χ4v) is 1.92. The topological polar surface area (TPSA) is 61.4 Å². The van der Waals surface area contributed by atoms with Crippen LogP contribution < -0.4 is 10.6 Å². The van der Waals surface area contributed by atoms with Crippen molar-refractivity contribution in [2.24, 2.45) is 5.92 Å². The summed E-state index contributed by atoms with van der Waals surface area (Å²) in [4.78, 5) is 11.4. The van der Waals surface area contributed by atoms with Crippen LogP contribution >= 0.6 is 0 Å². The van der Waals surface area contributed by atoms with E-state index in [-0.39, 0.29) is 11.7 Å². The van der Waals surface area contributed by atoms with E-state index in [1.165, 1.54) is 6.42 Å². The first kappa shape index (κ1) is 13.0. The maximum Gasteiger partial charge on any atom is 0.220 e. The smallest absolute Gasteiger partial charge is 0.220 e. The minimum atomic E-state index is 0.0761. The Morgan fingerprint density at radius 2 is 2.31 bits per heavy atom. The van der Waals surface area contributed by atoms with Gasteiger partial charge in [0.1, 0.15) is 0 Å². The van der Waals surface area contributed by atoms with Gasteiger partial charge in [0.2, 0.25) is 5.91 Å². The van der Waals surface area contributed by atoms with Gasteiger partial charge in [-0.15, -0.1) is 0 Å². The number of allylic oxidation sites excluding steroid dienone is 1. The van der Waals surface area contributed by atoms with Crippen LogP contribution in [0.25, 0.3) is 0 Å². The normalized spacial score (nSPS) is 19.6. The fraction of sp³-hybridized carbons (Fsp3) is 0.750. The molecule has 1 amide bonds. The third-order valence-corrected chi connectivity index (χ3v) is 2.91. The van der Waals surface area contributed by atoms with Crippen LogP contribution in [0, 0.1) is 5.92 Å². The summed E-state index contributed by atoms with van der Waals surface area (Å²) < 4.78 is 0. The molecule has 92 valence electrons. The number of carbonyl (C=O) groups is 1. The van der Waals surface area contributed by atoms with E-state index in [0.717, 1.165) is 32.0 Å². The standard InChI is InChI=1S/C12H22N2O2/c1-10(15)3-2-4-12(16)14-8-6-11-5-7-13-9-11/h11,13,15H,1-9H2,(H,14,16). The van der Waals surface area contributed by atoms with Gasteiger partial charge in [-0.25, -0.2) is 0 Å². The van der Waals surface area contributed by atoms with Crippen molar-refractivity contribution in [3.63, 3.8) is 0 Å². The van der Waals surface area contributed by atoms with Crippen molar-refractivity contribution < 1.29 is 9.90 Å². The highest BCUT2D eigenvalue weighted by Gasteiger charge is 2.13. The van der Waals surface area contributed by atoms with E-state index in [2.05, 4.69) is 17.2 Å². The Bertz CT molecular complexity index is 235. The van der Waals surface area contributed by atoms with Crippen molar-refractivity contribution in [3.8, 4) is 0 Å². The van der Waals surface area contributed by atoms with Gasteiger partial charge in [0, 0.05) is 19.4 Å². The summed E-state index contributed by atoms with van der Waals surface area (Å²) >= 11 is 0. The van der Waals surface area contributed by atoms with Crippen molar-refractivity contribution >= 4 is 5.91 Å². The van der Waals surface area contributed by atoms with Gasteiger partial charge in [-0.1, -0.05) is 6.58 Å². The fourth-order valence-electron chi connectivity index (χ4n) is 1.92. The van der Waals surface area contributed by atoms with Crippen molar-refractivity contribution in [3.05, 3.63) is 12.3 Å². The highest BCUT2D eigenvalue weighted by molar-refractivity contribution is 5.75. The molecule has 0 aromatic carbocycles. The molecule has 1 heterocycles. The second-order valence-corrected chi connectivity index (χ2v) is 4.42. The lowest BCUT2D eigenvalue weighted by molar-refractivity contribution is -0.121. The highest BCUT2D eigenvalue weighted by Crippen LogP contribution is 2.10. The first-order chi connectivity index (χ1) is 7.68. The van der Waals surface area contributed by atoms with Crippen LogP contribution in [-0.4, -0.2) is 30.6 Å². The maximum absolute atomic E-state index is 11.4. The van der Waals surface area contributed by atoms with Crippen LogP contribution in [0.2, 0.25) is 0 Å². The number of hydrogen-bond acceptors (Lipinski definition) is 3. The molecule has 1 atom stereocenters. The van der Waals surface area contributed by atoms with E-state index in [4.69, 9.17) is 5.11 Å². The molecule has 0 bridgehead atoms. The summed E-state index contributed by atoms with van der Waals surface area (Å²) in [6, 6.07) is 0. The number of nitrogens with one attached hydrogen (secondary N) is 2. The molecule has 1 aliphatic rings. The van der Waals surface area contributed by atoms with Crippen LogP contribution in [0.5, 0.6) is 0 Å². The first-order valence-electron chi connectivity index (χ1n) is 6.02. The number of amides is 1. The molecule has 4 heteroatoms. The lowest BCUT2D eigenvalue weighted by Crippen LogP contribution is -2.26. The average molecular weight is 226 g/mol. The SMILES string of the molecule is C=C(O)CCCC(=O)NCCC1CCNC1. The lowest BCUT2D eigenvalue weighted by Gasteiger charge is -2.09. The summed E-state index contributed by atoms with van der Waals surface area (Å²) in [5.41, 5.74) is 0. The number of carbonyl (C=O) groups excluding carboxylic acids is 1. The zero-order valence-electron chi connectivity index (χ0n) is 9.80. The van der Waals surface area contributed by atoms with Gasteiger partial charge in [-0.05, 0) is 38.3 Å². The molecular formula is C12H22N2O2. The van der Waals surface area contributed by atoms with E-state index in [9.17, 15) is 4.79 Å². The highest BCUT2D eigenvalue weighted by atomic mass is 16.3. The molecule has 0 spiro atoms. The van der Waals surface area contributed by atoms with Gasteiger partial charge in [-0.2, -0.15) is 0 Å². The molecule has 16 heavy (non-hydrogen) atoms. The number of aliphatic hydroxyl groups is 1. The predicted molar refractivity (Wildman–Crippen MR) is 64.2 cm³/mol. The minimum Gasteiger partial charge on any atom is -0.513 e. The van der Waals surface area contributed by atoms with E-state index in [0.29, 0.717) is 19.3 Å². The average Bonchev–Trinajstić information content (AvgIpc) is 2.70. The van der Waals surface area contributed by atoms with Crippen molar-refractivity contribution in [2.75, 3.05) is 19.6 Å². The van der Waals surface area contributed by atoms with Gasteiger partial charge in [-0.3, -0.25) is 4.79 Å². The minimum absolute atomic E-state index is 0.0761. The molecule has 1 saturated heterocycles. The molecular weight excluding hydrogens is 204 g/mol. The zero-order chi connectivity index (χ0) is 11.8. The molecule has 4 nitrogen and oxygen atoms in total. The Labute approximate surface area is 97.1 Å². The Hall–Kier alpha value is -1.03. The van der Waals surface area contributed by atoms with E-state index < -0.39 is 0 Å². The van der Waals surface area contributed by atoms with E-state index >= 15 is 0 Å². The van der Waals surface area contributed by atoms with E-state index in [1.54, 1.807) is 0 Å². The first-order valence-corrected chi connectivity index (χ1v) is 6.02. The molecule has 1 aliphatic heterocycles. The Balaban J connectivity index is 1.95. The van der Waals surface area contributed by atoms with Crippen molar-refractivity contribution in [1.82, 2.24) is 10.6 Å². The Morgan fingerprint density at radius 1 is 1.50 bits per heavy atom. The summed E-state index contributed by atoms with van der Waals surface area (Å²) in [5.74, 6) is 0.953. The molecule has 0 aliphatic carbocycles. The molecule has 1 rings (SSSR count). The lowest BCUT2D eigenvalue weighted by atomic mass is 10.1. The van der Waals surface area contributed by atoms with E-state index in [1.807, 2.05) is 0 Å². The number of rotatable bonds is 7. The predicted octanol–water partition coefficient (Wildman–Crippen LogP) is 1.34. The quantitative estimate of drug-likeness (QED) is 0.574. The number of hydrogen-bond donors (Lipinski definition) is 3. The third kappa shape index (κ3) is 5.75. The van der Waals surface area contributed by atoms with Gasteiger partial charge >= 0.3 is 0 Å². The van der Waals surface area contributed by atoms with Crippen LogP contribution in [0.3, 0.4) is 0 Å². The van der Waals surface area contributed by atoms with Crippen LogP contribution in [0.4, 0.5) is 0 Å². The molecule has 1 unspecified atom stereocenters. The van der Waals surface area contributed by atoms with Crippen LogP contribution in [0.1, 0.15) is 32.1 Å². The van der Waals surface area contributed by atoms with Gasteiger partial charge < -0.3 is 15.7 Å². The van der Waals surface area contributed by atoms with Gasteiger partial charge in [0.05, 0.1) is 5.76 Å². The zero-order valence-corrected chi connectivity index (χ0v) is 9.80. The Kier molecular flexibility index (Phi) is 5.93. The molecule has 0 radical (unpaired) electrons. The second-order valence-electron chi connectivity index (χ2n) is 4.42. The van der Waals surface area contributed by atoms with Crippen molar-refractivity contribution in [1.29, 1.82) is 0 Å². The molecule has 3 N–H and O–H groups in total.